The molecular formula is C13H18N4O3S. The van der Waals surface area contributed by atoms with E-state index in [0.29, 0.717) is 32.7 Å². The second-order valence-electron chi connectivity index (χ2n) is 5.49. The molecule has 8 heteroatoms. The van der Waals surface area contributed by atoms with E-state index in [9.17, 15) is 13.2 Å². The molecule has 0 saturated carbocycles. The quantitative estimate of drug-likeness (QED) is 0.785. The number of piperazine rings is 1. The molecular weight excluding hydrogens is 292 g/mol. The van der Waals surface area contributed by atoms with Crippen LogP contribution in [0.25, 0.3) is 0 Å². The van der Waals surface area contributed by atoms with E-state index in [1.54, 1.807) is 22.2 Å². The lowest BCUT2D eigenvalue weighted by molar-refractivity contribution is 0.159. The van der Waals surface area contributed by atoms with Gasteiger partial charge in [0.15, 0.2) is 0 Å². The van der Waals surface area contributed by atoms with Gasteiger partial charge >= 0.3 is 6.03 Å². The topological polar surface area (TPSA) is 73.8 Å². The first-order valence-electron chi connectivity index (χ1n) is 6.85. The van der Waals surface area contributed by atoms with Crippen LogP contribution in [0.3, 0.4) is 0 Å². The van der Waals surface area contributed by atoms with Gasteiger partial charge < -0.3 is 9.80 Å². The number of pyridine rings is 1. The van der Waals surface area contributed by atoms with Crippen LogP contribution < -0.4 is 0 Å². The second kappa shape index (κ2) is 5.27. The molecule has 21 heavy (non-hydrogen) atoms. The van der Waals surface area contributed by atoms with E-state index in [1.807, 2.05) is 12.1 Å². The van der Waals surface area contributed by atoms with Gasteiger partial charge in [-0.25, -0.2) is 13.2 Å². The lowest BCUT2D eigenvalue weighted by atomic mass is 10.2. The highest BCUT2D eigenvalue weighted by atomic mass is 32.2. The first-order valence-corrected chi connectivity index (χ1v) is 8.69. The molecule has 0 bridgehead atoms. The van der Waals surface area contributed by atoms with Crippen molar-refractivity contribution in [2.75, 3.05) is 32.4 Å². The largest absolute Gasteiger partial charge is 0.320 e. The predicted molar refractivity (Wildman–Crippen MR) is 77.0 cm³/mol. The number of carbonyl (C=O) groups is 1. The average Bonchev–Trinajstić information content (AvgIpc) is 2.75. The molecule has 0 aliphatic carbocycles. The van der Waals surface area contributed by atoms with E-state index in [0.717, 1.165) is 5.56 Å². The molecule has 1 unspecified atom stereocenters. The first kappa shape index (κ1) is 14.3. The van der Waals surface area contributed by atoms with Gasteiger partial charge in [0.2, 0.25) is 10.0 Å². The number of amides is 2. The molecule has 2 amide bonds. The summed E-state index contributed by atoms with van der Waals surface area (Å²) in [5, 5.41) is 0. The van der Waals surface area contributed by atoms with Crippen molar-refractivity contribution in [2.45, 2.75) is 12.6 Å². The van der Waals surface area contributed by atoms with Crippen molar-refractivity contribution in [1.82, 2.24) is 19.1 Å². The summed E-state index contributed by atoms with van der Waals surface area (Å²) in [7, 11) is -3.19. The Balaban J connectivity index is 1.70. The third kappa shape index (κ3) is 2.86. The van der Waals surface area contributed by atoms with Gasteiger partial charge in [0, 0.05) is 45.1 Å². The van der Waals surface area contributed by atoms with E-state index < -0.39 is 10.0 Å². The molecule has 0 radical (unpaired) electrons. The van der Waals surface area contributed by atoms with Gasteiger partial charge in [-0.2, -0.15) is 4.31 Å². The van der Waals surface area contributed by atoms with Crippen molar-refractivity contribution in [3.63, 3.8) is 0 Å². The van der Waals surface area contributed by atoms with Crippen LogP contribution in [0.1, 0.15) is 5.56 Å². The van der Waals surface area contributed by atoms with E-state index in [4.69, 9.17) is 0 Å². The fourth-order valence-corrected chi connectivity index (χ4v) is 3.75. The van der Waals surface area contributed by atoms with Gasteiger partial charge in [-0.3, -0.25) is 4.98 Å². The van der Waals surface area contributed by atoms with Gasteiger partial charge in [-0.1, -0.05) is 6.07 Å². The van der Waals surface area contributed by atoms with Crippen LogP contribution >= 0.6 is 0 Å². The van der Waals surface area contributed by atoms with E-state index in [1.165, 1.54) is 10.6 Å². The zero-order valence-corrected chi connectivity index (χ0v) is 12.7. The molecule has 114 valence electrons. The lowest BCUT2D eigenvalue weighted by Gasteiger charge is -2.34. The number of sulfonamides is 1. The first-order chi connectivity index (χ1) is 9.95. The fraction of sp³-hybridized carbons (Fsp3) is 0.538. The van der Waals surface area contributed by atoms with Gasteiger partial charge in [-0.05, 0) is 11.6 Å². The number of fused-ring (bicyclic) bond motifs is 1. The monoisotopic (exact) mass is 310 g/mol. The molecule has 0 N–H and O–H groups in total. The van der Waals surface area contributed by atoms with Crippen molar-refractivity contribution in [2.24, 2.45) is 0 Å². The minimum Gasteiger partial charge on any atom is -0.318 e. The molecule has 1 aromatic rings. The van der Waals surface area contributed by atoms with Gasteiger partial charge in [0.25, 0.3) is 0 Å². The van der Waals surface area contributed by atoms with Crippen LogP contribution in [-0.4, -0.2) is 72.0 Å². The standard InChI is InChI=1S/C13H18N4O3S/c1-21(19,20)16-5-6-17-12(10-16)9-15(13(17)18)8-11-3-2-4-14-7-11/h2-4,7,12H,5-6,8-10H2,1H3. The minimum atomic E-state index is -3.19. The van der Waals surface area contributed by atoms with E-state index in [2.05, 4.69) is 4.98 Å². The summed E-state index contributed by atoms with van der Waals surface area (Å²) in [6.45, 7) is 2.29. The Morgan fingerprint density at radius 3 is 2.81 bits per heavy atom. The summed E-state index contributed by atoms with van der Waals surface area (Å²) < 4.78 is 24.7. The number of urea groups is 1. The summed E-state index contributed by atoms with van der Waals surface area (Å²) >= 11 is 0. The zero-order chi connectivity index (χ0) is 15.0. The SMILES string of the molecule is CS(=O)(=O)N1CCN2C(=O)N(Cc3cccnc3)CC2C1. The highest BCUT2D eigenvalue weighted by Gasteiger charge is 2.42. The normalized spacial score (nSPS) is 23.5. The zero-order valence-electron chi connectivity index (χ0n) is 11.8. The van der Waals surface area contributed by atoms with Gasteiger partial charge in [0.05, 0.1) is 12.3 Å². The van der Waals surface area contributed by atoms with Gasteiger partial charge in [-0.15, -0.1) is 0 Å². The molecule has 3 heterocycles. The summed E-state index contributed by atoms with van der Waals surface area (Å²) in [5.74, 6) is 0. The molecule has 2 fully saturated rings. The third-order valence-corrected chi connectivity index (χ3v) is 5.23. The number of hydrogen-bond donors (Lipinski definition) is 0. The van der Waals surface area contributed by atoms with Crippen molar-refractivity contribution < 1.29 is 13.2 Å². The third-order valence-electron chi connectivity index (χ3n) is 3.96. The lowest BCUT2D eigenvalue weighted by Crippen LogP contribution is -2.53. The highest BCUT2D eigenvalue weighted by molar-refractivity contribution is 7.88. The summed E-state index contributed by atoms with van der Waals surface area (Å²) in [5.41, 5.74) is 0.977. The second-order valence-corrected chi connectivity index (χ2v) is 7.48. The van der Waals surface area contributed by atoms with Crippen molar-refractivity contribution in [3.05, 3.63) is 30.1 Å². The Labute approximate surface area is 124 Å². The van der Waals surface area contributed by atoms with Crippen LogP contribution in [0.2, 0.25) is 0 Å². The Morgan fingerprint density at radius 2 is 2.14 bits per heavy atom. The fourth-order valence-electron chi connectivity index (χ4n) is 2.89. The molecule has 2 aliphatic heterocycles. The minimum absolute atomic E-state index is 0.0167. The van der Waals surface area contributed by atoms with E-state index in [-0.39, 0.29) is 12.1 Å². The molecule has 1 aromatic heterocycles. The Bertz CT molecular complexity index is 634. The predicted octanol–water partition coefficient (Wildman–Crippen LogP) is -0.0370. The maximum atomic E-state index is 12.4. The number of rotatable bonds is 3. The molecule has 2 aliphatic rings. The van der Waals surface area contributed by atoms with Crippen LogP contribution in [0.5, 0.6) is 0 Å². The van der Waals surface area contributed by atoms with Crippen LogP contribution in [-0.2, 0) is 16.6 Å². The average molecular weight is 310 g/mol. The number of carbonyl (C=O) groups excluding carboxylic acids is 1. The van der Waals surface area contributed by atoms with Crippen molar-refractivity contribution >= 4 is 16.1 Å². The van der Waals surface area contributed by atoms with Gasteiger partial charge in [0.1, 0.15) is 0 Å². The van der Waals surface area contributed by atoms with Crippen molar-refractivity contribution in [1.29, 1.82) is 0 Å². The maximum Gasteiger partial charge on any atom is 0.320 e. The maximum absolute atomic E-state index is 12.4. The molecule has 3 rings (SSSR count). The summed E-state index contributed by atoms with van der Waals surface area (Å²) in [4.78, 5) is 19.9. The van der Waals surface area contributed by atoms with Crippen LogP contribution in [0, 0.1) is 0 Å². The van der Waals surface area contributed by atoms with Crippen LogP contribution in [0.4, 0.5) is 4.79 Å². The highest BCUT2D eigenvalue weighted by Crippen LogP contribution is 2.23. The molecule has 2 saturated heterocycles. The molecule has 0 aromatic carbocycles. The Hall–Kier alpha value is -1.67. The Morgan fingerprint density at radius 1 is 1.33 bits per heavy atom. The molecule has 0 spiro atoms. The smallest absolute Gasteiger partial charge is 0.318 e. The summed E-state index contributed by atoms with van der Waals surface area (Å²) in [6, 6.07) is 3.70. The number of hydrogen-bond acceptors (Lipinski definition) is 4. The number of aromatic nitrogens is 1. The Kier molecular flexibility index (Phi) is 3.58. The number of nitrogens with zero attached hydrogens (tertiary/aromatic N) is 4. The van der Waals surface area contributed by atoms with E-state index >= 15 is 0 Å². The molecule has 1 atom stereocenters. The summed E-state index contributed by atoms with van der Waals surface area (Å²) in [6.07, 6.45) is 4.66. The van der Waals surface area contributed by atoms with Crippen molar-refractivity contribution in [3.8, 4) is 0 Å². The van der Waals surface area contributed by atoms with Crippen LogP contribution in [0.15, 0.2) is 24.5 Å². The molecule has 7 nitrogen and oxygen atoms in total.